The maximum absolute atomic E-state index is 10.7. The number of rotatable bonds is 4. The number of aromatic amines is 1. The Hall–Kier alpha value is -0.450. The normalized spacial score (nSPS) is 14.8. The van der Waals surface area contributed by atoms with Crippen LogP contribution in [0.2, 0.25) is 0 Å². The molecule has 1 atom stereocenters. The van der Waals surface area contributed by atoms with Crippen molar-refractivity contribution in [3.8, 4) is 0 Å². The number of benzene rings is 1. The van der Waals surface area contributed by atoms with Gasteiger partial charge in [0.05, 0.1) is 5.69 Å². The molecule has 0 spiro atoms. The largest absolute Gasteiger partial charge is 0.383 e. The summed E-state index contributed by atoms with van der Waals surface area (Å²) in [6, 6.07) is 4.25. The van der Waals surface area contributed by atoms with E-state index >= 15 is 0 Å². The van der Waals surface area contributed by atoms with Gasteiger partial charge in [-0.05, 0) is 49.8 Å². The highest BCUT2D eigenvalue weighted by molar-refractivity contribution is 9.10. The zero-order chi connectivity index (χ0) is 14.2. The molecule has 2 rings (SSSR count). The molecule has 1 unspecified atom stereocenters. The Kier molecular flexibility index (Phi) is 4.33. The number of fused-ring (bicyclic) bond motifs is 1. The predicted octanol–water partition coefficient (Wildman–Crippen LogP) is 4.51. The summed E-state index contributed by atoms with van der Waals surface area (Å²) in [5.41, 5.74) is 3.54. The van der Waals surface area contributed by atoms with Crippen LogP contribution in [0.5, 0.6) is 0 Å². The Morgan fingerprint density at radius 2 is 2.05 bits per heavy atom. The van der Waals surface area contributed by atoms with E-state index in [9.17, 15) is 5.11 Å². The van der Waals surface area contributed by atoms with Gasteiger partial charge in [0, 0.05) is 21.1 Å². The zero-order valence-electron chi connectivity index (χ0n) is 11.8. The predicted molar refractivity (Wildman–Crippen MR) is 88.0 cm³/mol. The first-order valence-corrected chi connectivity index (χ1v) is 8.40. The Labute approximate surface area is 127 Å². The van der Waals surface area contributed by atoms with Crippen LogP contribution in [-0.2, 0) is 5.60 Å². The Morgan fingerprint density at radius 1 is 1.37 bits per heavy atom. The van der Waals surface area contributed by atoms with Gasteiger partial charge in [-0.25, -0.2) is 0 Å². The zero-order valence-corrected chi connectivity index (χ0v) is 14.2. The third-order valence-electron chi connectivity index (χ3n) is 3.46. The fourth-order valence-corrected chi connectivity index (χ4v) is 3.46. The topological polar surface area (TPSA) is 36.0 Å². The lowest BCUT2D eigenvalue weighted by atomic mass is 10.0. The molecule has 0 bridgehead atoms. The third kappa shape index (κ3) is 2.86. The molecule has 0 aliphatic carbocycles. The van der Waals surface area contributed by atoms with E-state index in [2.05, 4.69) is 53.8 Å². The van der Waals surface area contributed by atoms with Gasteiger partial charge < -0.3 is 10.1 Å². The standard InChI is InChI=1S/C15H20BrNOS/c1-5-19-8-15(4,18)14-10(3)11-7-12(16)9(2)6-13(11)17-14/h6-7,17-18H,5,8H2,1-4H3. The second kappa shape index (κ2) is 5.51. The fourth-order valence-electron chi connectivity index (χ4n) is 2.37. The van der Waals surface area contributed by atoms with E-state index in [0.717, 1.165) is 27.0 Å². The maximum Gasteiger partial charge on any atom is 0.111 e. The van der Waals surface area contributed by atoms with Crippen LogP contribution in [-0.4, -0.2) is 21.6 Å². The molecule has 1 heterocycles. The molecule has 2 N–H and O–H groups in total. The van der Waals surface area contributed by atoms with Crippen LogP contribution < -0.4 is 0 Å². The first-order chi connectivity index (χ1) is 8.86. The van der Waals surface area contributed by atoms with Crippen LogP contribution in [0.1, 0.15) is 30.7 Å². The van der Waals surface area contributed by atoms with E-state index in [1.165, 1.54) is 10.9 Å². The van der Waals surface area contributed by atoms with E-state index < -0.39 is 5.60 Å². The van der Waals surface area contributed by atoms with Gasteiger partial charge in [-0.15, -0.1) is 0 Å². The number of H-pyrrole nitrogens is 1. The SMILES string of the molecule is CCSCC(C)(O)c1[nH]c2cc(C)c(Br)cc2c1C. The molecule has 19 heavy (non-hydrogen) atoms. The van der Waals surface area contributed by atoms with E-state index in [1.807, 2.05) is 6.92 Å². The highest BCUT2D eigenvalue weighted by Crippen LogP contribution is 2.34. The van der Waals surface area contributed by atoms with Crippen LogP contribution in [0.25, 0.3) is 10.9 Å². The molecular formula is C15H20BrNOS. The summed E-state index contributed by atoms with van der Waals surface area (Å²) in [5, 5.41) is 11.8. The van der Waals surface area contributed by atoms with E-state index in [0.29, 0.717) is 5.75 Å². The van der Waals surface area contributed by atoms with Crippen molar-refractivity contribution >= 4 is 38.6 Å². The summed E-state index contributed by atoms with van der Waals surface area (Å²) < 4.78 is 1.11. The molecule has 104 valence electrons. The number of aryl methyl sites for hydroxylation is 2. The summed E-state index contributed by atoms with van der Waals surface area (Å²) in [5.74, 6) is 1.72. The van der Waals surface area contributed by atoms with Crippen molar-refractivity contribution < 1.29 is 5.11 Å². The van der Waals surface area contributed by atoms with Crippen LogP contribution in [0.3, 0.4) is 0 Å². The lowest BCUT2D eigenvalue weighted by molar-refractivity contribution is 0.0793. The molecular weight excluding hydrogens is 322 g/mol. The van der Waals surface area contributed by atoms with Gasteiger partial charge in [-0.2, -0.15) is 11.8 Å². The van der Waals surface area contributed by atoms with Gasteiger partial charge in [-0.3, -0.25) is 0 Å². The smallest absolute Gasteiger partial charge is 0.111 e. The van der Waals surface area contributed by atoms with Crippen molar-refractivity contribution in [1.29, 1.82) is 0 Å². The van der Waals surface area contributed by atoms with E-state index in [4.69, 9.17) is 0 Å². The van der Waals surface area contributed by atoms with Gasteiger partial charge in [0.1, 0.15) is 5.60 Å². The Bertz CT molecular complexity index is 604. The highest BCUT2D eigenvalue weighted by Gasteiger charge is 2.27. The van der Waals surface area contributed by atoms with Crippen molar-refractivity contribution in [2.45, 2.75) is 33.3 Å². The van der Waals surface area contributed by atoms with Gasteiger partial charge in [-0.1, -0.05) is 22.9 Å². The summed E-state index contributed by atoms with van der Waals surface area (Å²) in [7, 11) is 0. The molecule has 0 saturated heterocycles. The first-order valence-electron chi connectivity index (χ1n) is 6.46. The van der Waals surface area contributed by atoms with Crippen LogP contribution in [0.15, 0.2) is 16.6 Å². The third-order valence-corrected chi connectivity index (χ3v) is 5.49. The summed E-state index contributed by atoms with van der Waals surface area (Å²) >= 11 is 5.33. The summed E-state index contributed by atoms with van der Waals surface area (Å²) in [4.78, 5) is 3.40. The minimum absolute atomic E-state index is 0.706. The van der Waals surface area contributed by atoms with Gasteiger partial charge in [0.2, 0.25) is 0 Å². The monoisotopic (exact) mass is 341 g/mol. The minimum atomic E-state index is -0.815. The molecule has 0 fully saturated rings. The van der Waals surface area contributed by atoms with Crippen LogP contribution >= 0.6 is 27.7 Å². The lowest BCUT2D eigenvalue weighted by Gasteiger charge is -2.22. The second-order valence-electron chi connectivity index (χ2n) is 5.18. The molecule has 0 radical (unpaired) electrons. The van der Waals surface area contributed by atoms with Crippen molar-refractivity contribution in [3.05, 3.63) is 33.4 Å². The van der Waals surface area contributed by atoms with Crippen molar-refractivity contribution in [3.63, 3.8) is 0 Å². The average Bonchev–Trinajstić information content (AvgIpc) is 2.66. The molecule has 0 saturated carbocycles. The molecule has 0 aliphatic heterocycles. The van der Waals surface area contributed by atoms with Crippen LogP contribution in [0.4, 0.5) is 0 Å². The van der Waals surface area contributed by atoms with E-state index in [1.54, 1.807) is 11.8 Å². The molecule has 0 amide bonds. The molecule has 1 aromatic heterocycles. The maximum atomic E-state index is 10.7. The number of hydrogen-bond donors (Lipinski definition) is 2. The summed E-state index contributed by atoms with van der Waals surface area (Å²) in [6.07, 6.45) is 0. The van der Waals surface area contributed by atoms with Gasteiger partial charge in [0.25, 0.3) is 0 Å². The second-order valence-corrected chi connectivity index (χ2v) is 7.31. The number of aromatic nitrogens is 1. The van der Waals surface area contributed by atoms with Gasteiger partial charge >= 0.3 is 0 Å². The number of halogens is 1. The van der Waals surface area contributed by atoms with Crippen molar-refractivity contribution in [2.75, 3.05) is 11.5 Å². The number of nitrogens with one attached hydrogen (secondary N) is 1. The minimum Gasteiger partial charge on any atom is -0.383 e. The molecule has 0 aliphatic rings. The molecule has 1 aromatic carbocycles. The molecule has 4 heteroatoms. The average molecular weight is 342 g/mol. The highest BCUT2D eigenvalue weighted by atomic mass is 79.9. The summed E-state index contributed by atoms with van der Waals surface area (Å²) in [6.45, 7) is 8.14. The first kappa shape index (κ1) is 14.9. The molecule has 2 nitrogen and oxygen atoms in total. The van der Waals surface area contributed by atoms with E-state index in [-0.39, 0.29) is 0 Å². The lowest BCUT2D eigenvalue weighted by Crippen LogP contribution is -2.26. The molecule has 2 aromatic rings. The van der Waals surface area contributed by atoms with Crippen molar-refractivity contribution in [2.24, 2.45) is 0 Å². The number of hydrogen-bond acceptors (Lipinski definition) is 2. The van der Waals surface area contributed by atoms with Crippen LogP contribution in [0, 0.1) is 13.8 Å². The Morgan fingerprint density at radius 3 is 2.68 bits per heavy atom. The number of aliphatic hydroxyl groups is 1. The Balaban J connectivity index is 2.53. The fraction of sp³-hybridized carbons (Fsp3) is 0.467. The quantitative estimate of drug-likeness (QED) is 0.858. The number of thioether (sulfide) groups is 1. The van der Waals surface area contributed by atoms with Crippen molar-refractivity contribution in [1.82, 2.24) is 4.98 Å². The van der Waals surface area contributed by atoms with Gasteiger partial charge in [0.15, 0.2) is 0 Å².